The van der Waals surface area contributed by atoms with Gasteiger partial charge in [0, 0.05) is 25.3 Å². The van der Waals surface area contributed by atoms with Crippen LogP contribution in [0, 0.1) is 5.92 Å². The molecule has 2 aliphatic heterocycles. The van der Waals surface area contributed by atoms with E-state index < -0.39 is 17.1 Å². The van der Waals surface area contributed by atoms with Crippen LogP contribution in [-0.2, 0) is 25.3 Å². The van der Waals surface area contributed by atoms with Crippen molar-refractivity contribution in [2.75, 3.05) is 13.1 Å². The Morgan fingerprint density at radius 3 is 2.77 bits per heavy atom. The van der Waals surface area contributed by atoms with Crippen molar-refractivity contribution < 1.29 is 23.6 Å². The lowest BCUT2D eigenvalue weighted by Gasteiger charge is -2.34. The summed E-state index contributed by atoms with van der Waals surface area (Å²) < 4.78 is 19.0. The number of amides is 2. The average molecular weight is 505 g/mol. The number of carbonyl (C=O) groups excluding carboxylic acids is 2. The normalized spacial score (nSPS) is 24.2. The van der Waals surface area contributed by atoms with Gasteiger partial charge in [-0.05, 0) is 56.4 Å². The highest BCUT2D eigenvalue weighted by atomic mass is 32.2. The summed E-state index contributed by atoms with van der Waals surface area (Å²) in [4.78, 5) is 26.2. The zero-order valence-corrected chi connectivity index (χ0v) is 21.0. The van der Waals surface area contributed by atoms with E-state index in [1.54, 1.807) is 35.0 Å². The van der Waals surface area contributed by atoms with E-state index in [0.717, 1.165) is 18.8 Å². The van der Waals surface area contributed by atoms with Crippen molar-refractivity contribution in [3.05, 3.63) is 48.6 Å². The summed E-state index contributed by atoms with van der Waals surface area (Å²) >= 11 is 0. The molecule has 4 rings (SSSR count). The highest BCUT2D eigenvalue weighted by Crippen LogP contribution is 2.28. The molecule has 0 spiro atoms. The Bertz CT molecular complexity index is 904. The van der Waals surface area contributed by atoms with Crippen molar-refractivity contribution in [1.82, 2.24) is 19.9 Å². The van der Waals surface area contributed by atoms with Gasteiger partial charge in [-0.25, -0.2) is 13.5 Å². The van der Waals surface area contributed by atoms with E-state index in [2.05, 4.69) is 22.5 Å². The summed E-state index contributed by atoms with van der Waals surface area (Å²) in [6.45, 7) is 2.88. The first-order valence-corrected chi connectivity index (χ1v) is 13.4. The molecule has 0 aromatic carbocycles. The first-order valence-electron chi connectivity index (χ1n) is 12.3. The fourth-order valence-electron chi connectivity index (χ4n) is 4.56. The quantitative estimate of drug-likeness (QED) is 0.467. The van der Waals surface area contributed by atoms with Gasteiger partial charge >= 0.3 is 0 Å². The first-order chi connectivity index (χ1) is 17.0. The molecule has 3 heterocycles. The third kappa shape index (κ3) is 8.55. The van der Waals surface area contributed by atoms with Crippen LogP contribution >= 0.6 is 0 Å². The zero-order chi connectivity index (χ0) is 25.0. The van der Waals surface area contributed by atoms with Crippen LogP contribution < -0.4 is 10.6 Å². The molecule has 2 fully saturated rings. The highest BCUT2D eigenvalue weighted by molar-refractivity contribution is 7.82. The topological polar surface area (TPSA) is 121 Å². The molecule has 1 aliphatic carbocycles. The van der Waals surface area contributed by atoms with E-state index in [0.29, 0.717) is 30.2 Å². The maximum Gasteiger partial charge on any atom is 0.286 e. The minimum Gasteiger partial charge on any atom is -0.460 e. The lowest BCUT2D eigenvalue weighted by atomic mass is 9.99. The minimum absolute atomic E-state index is 0.0835. The summed E-state index contributed by atoms with van der Waals surface area (Å²) in [6, 6.07) is 5.20. The number of rotatable bonds is 8. The molecule has 0 radical (unpaired) electrons. The van der Waals surface area contributed by atoms with Gasteiger partial charge < -0.3 is 20.5 Å². The Morgan fingerprint density at radius 1 is 1.34 bits per heavy atom. The Balaban J connectivity index is 0.000000196. The SMILES string of the molecule is CC(CC1CCCC1)NC(=O)C1=CCC=CO1.O=CNC1CCN(S(=O)c2ccccn2)CC1O. The number of allylic oxidation sites excluding steroid dienone is 2. The molecule has 4 unspecified atom stereocenters. The molecule has 3 aliphatic rings. The van der Waals surface area contributed by atoms with Crippen LogP contribution in [0.15, 0.2) is 53.6 Å². The van der Waals surface area contributed by atoms with E-state index in [-0.39, 0.29) is 24.5 Å². The van der Waals surface area contributed by atoms with Gasteiger partial charge in [0.05, 0.1) is 18.4 Å². The minimum atomic E-state index is -1.36. The van der Waals surface area contributed by atoms with Gasteiger partial charge in [0.2, 0.25) is 6.41 Å². The van der Waals surface area contributed by atoms with Gasteiger partial charge in [-0.2, -0.15) is 0 Å². The number of hydrogen-bond donors (Lipinski definition) is 3. The highest BCUT2D eigenvalue weighted by Gasteiger charge is 2.30. The number of ether oxygens (including phenoxy) is 1. The van der Waals surface area contributed by atoms with Crippen molar-refractivity contribution >= 4 is 23.3 Å². The summed E-state index contributed by atoms with van der Waals surface area (Å²) in [7, 11) is -1.36. The van der Waals surface area contributed by atoms with Crippen LogP contribution in [0.25, 0.3) is 0 Å². The van der Waals surface area contributed by atoms with Crippen LogP contribution in [0.3, 0.4) is 0 Å². The van der Waals surface area contributed by atoms with Gasteiger partial charge in [0.1, 0.15) is 16.0 Å². The lowest BCUT2D eigenvalue weighted by molar-refractivity contribution is -0.120. The van der Waals surface area contributed by atoms with Crippen molar-refractivity contribution in [3.8, 4) is 0 Å². The van der Waals surface area contributed by atoms with E-state index in [4.69, 9.17) is 4.74 Å². The fourth-order valence-corrected chi connectivity index (χ4v) is 5.73. The van der Waals surface area contributed by atoms with Crippen LogP contribution in [0.2, 0.25) is 0 Å². The van der Waals surface area contributed by atoms with Gasteiger partial charge in [0.15, 0.2) is 5.76 Å². The van der Waals surface area contributed by atoms with Gasteiger partial charge in [-0.1, -0.05) is 31.7 Å². The number of hydrogen-bond acceptors (Lipinski definition) is 6. The predicted molar refractivity (Wildman–Crippen MR) is 133 cm³/mol. The summed E-state index contributed by atoms with van der Waals surface area (Å²) in [5.41, 5.74) is 0. The van der Waals surface area contributed by atoms with Crippen molar-refractivity contribution in [1.29, 1.82) is 0 Å². The fraction of sp³-hybridized carbons (Fsp3) is 0.560. The largest absolute Gasteiger partial charge is 0.460 e. The maximum absolute atomic E-state index is 12.2. The summed E-state index contributed by atoms with van der Waals surface area (Å²) in [5.74, 6) is 1.15. The number of β-amino-alcohol motifs (C(OH)–C–C–N with tert-alkyl or cyclic N) is 1. The van der Waals surface area contributed by atoms with Crippen LogP contribution in [0.5, 0.6) is 0 Å². The Morgan fingerprint density at radius 2 is 2.14 bits per heavy atom. The van der Waals surface area contributed by atoms with Crippen molar-refractivity contribution in [2.45, 2.75) is 75.1 Å². The number of aromatic nitrogens is 1. The van der Waals surface area contributed by atoms with Gasteiger partial charge in [0.25, 0.3) is 5.91 Å². The molecule has 1 saturated carbocycles. The zero-order valence-electron chi connectivity index (χ0n) is 20.2. The molecule has 4 atom stereocenters. The second-order valence-electron chi connectivity index (χ2n) is 9.11. The molecule has 1 aromatic heterocycles. The number of carbonyl (C=O) groups is 2. The second-order valence-corrected chi connectivity index (χ2v) is 10.5. The molecule has 9 nitrogen and oxygen atoms in total. The summed E-state index contributed by atoms with van der Waals surface area (Å²) in [5, 5.41) is 15.9. The lowest BCUT2D eigenvalue weighted by Crippen LogP contribution is -2.52. The van der Waals surface area contributed by atoms with E-state index in [1.165, 1.54) is 25.7 Å². The molecule has 35 heavy (non-hydrogen) atoms. The smallest absolute Gasteiger partial charge is 0.286 e. The van der Waals surface area contributed by atoms with Crippen LogP contribution in [0.4, 0.5) is 0 Å². The molecule has 1 aromatic rings. The Hall–Kier alpha value is -2.56. The number of pyridine rings is 1. The molecule has 0 bridgehead atoms. The monoisotopic (exact) mass is 504 g/mol. The maximum atomic E-state index is 12.2. The second kappa shape index (κ2) is 14.1. The molecule has 192 valence electrons. The van der Waals surface area contributed by atoms with Crippen molar-refractivity contribution in [2.24, 2.45) is 5.92 Å². The molecule has 2 amide bonds. The number of piperidine rings is 1. The van der Waals surface area contributed by atoms with Gasteiger partial charge in [-0.3, -0.25) is 9.59 Å². The number of nitrogens with one attached hydrogen (secondary N) is 2. The molecular formula is C25H36N4O5S. The Kier molecular flexibility index (Phi) is 10.9. The van der Waals surface area contributed by atoms with E-state index in [9.17, 15) is 18.9 Å². The molecular weight excluding hydrogens is 468 g/mol. The Labute approximate surface area is 209 Å². The van der Waals surface area contributed by atoms with Gasteiger partial charge in [-0.15, -0.1) is 0 Å². The predicted octanol–water partition coefficient (Wildman–Crippen LogP) is 2.17. The van der Waals surface area contributed by atoms with Crippen molar-refractivity contribution in [3.63, 3.8) is 0 Å². The number of aliphatic hydroxyl groups excluding tert-OH is 1. The third-order valence-corrected chi connectivity index (χ3v) is 7.77. The van der Waals surface area contributed by atoms with Crippen LogP contribution in [0.1, 0.15) is 51.9 Å². The average Bonchev–Trinajstić information content (AvgIpc) is 3.39. The first kappa shape index (κ1) is 27.0. The molecule has 10 heteroatoms. The summed E-state index contributed by atoms with van der Waals surface area (Å²) in [6.07, 6.45) is 14.5. The van der Waals surface area contributed by atoms with E-state index in [1.807, 2.05) is 12.2 Å². The van der Waals surface area contributed by atoms with E-state index >= 15 is 0 Å². The molecule has 3 N–H and O–H groups in total. The van der Waals surface area contributed by atoms with Crippen LogP contribution in [-0.4, -0.2) is 62.2 Å². The third-order valence-electron chi connectivity index (χ3n) is 6.37. The standard InChI is InChI=1S/C14H21NO2.C11H15N3O3S/c1-11(10-12-6-2-3-7-12)15-14(16)13-8-4-5-9-17-13;15-8-13-9-4-6-14(7-10(9)16)18(17)11-3-1-2-5-12-11/h5,8-9,11-12H,2-4,6-7,10H2,1H3,(H,15,16);1-3,5,8-10,16H,4,6-7H2,(H,13,15). The number of nitrogens with zero attached hydrogens (tertiary/aromatic N) is 2. The number of aliphatic hydroxyl groups is 1. The molecule has 1 saturated heterocycles.